The Morgan fingerprint density at radius 2 is 1.95 bits per heavy atom. The molecule has 2 atom stereocenters. The van der Waals surface area contributed by atoms with Gasteiger partial charge in [0.1, 0.15) is 23.3 Å². The molecule has 4 aromatic rings. The second-order valence-electron chi connectivity index (χ2n) is 9.15. The smallest absolute Gasteiger partial charge is 0.226 e. The van der Waals surface area contributed by atoms with Gasteiger partial charge in [-0.1, -0.05) is 18.2 Å². The number of amides is 1. The number of thiocarbonyl (C=S) groups is 1. The number of anilines is 1. The van der Waals surface area contributed by atoms with E-state index in [-0.39, 0.29) is 24.4 Å². The molecule has 1 aliphatic rings. The molecule has 1 aliphatic heterocycles. The summed E-state index contributed by atoms with van der Waals surface area (Å²) in [4.78, 5) is 19.4. The van der Waals surface area contributed by atoms with Gasteiger partial charge in [-0.05, 0) is 92.3 Å². The molecule has 0 aliphatic carbocycles. The number of carbonyl (C=O) groups excluding carboxylic acids is 1. The van der Waals surface area contributed by atoms with Gasteiger partial charge in [0.05, 0.1) is 18.3 Å². The van der Waals surface area contributed by atoms with E-state index in [0.717, 1.165) is 39.8 Å². The van der Waals surface area contributed by atoms with Gasteiger partial charge in [0.15, 0.2) is 5.11 Å². The normalized spacial score (nSPS) is 16.8. The first kappa shape index (κ1) is 25.5. The highest BCUT2D eigenvalue weighted by Gasteiger charge is 2.41. The molecule has 0 radical (unpaired) electrons. The van der Waals surface area contributed by atoms with Crippen LogP contribution in [-0.4, -0.2) is 34.1 Å². The number of furan rings is 1. The van der Waals surface area contributed by atoms with Gasteiger partial charge in [0, 0.05) is 30.4 Å². The van der Waals surface area contributed by atoms with E-state index >= 15 is 0 Å². The lowest BCUT2D eigenvalue weighted by atomic mass is 10.0. The molecule has 1 fully saturated rings. The molecule has 1 saturated heterocycles. The fourth-order valence-corrected chi connectivity index (χ4v) is 5.00. The average Bonchev–Trinajstić information content (AvgIpc) is 3.53. The third-order valence-corrected chi connectivity index (χ3v) is 6.80. The van der Waals surface area contributed by atoms with E-state index in [9.17, 15) is 4.79 Å². The first-order chi connectivity index (χ1) is 18.5. The standard InChI is InChI=1S/C30H30N4O3S/c1-3-36-23-12-10-21(11-13-23)25-14-15-26(37-25)29-28(24-9-4-5-17-31-24)33-30(38)34(29)18-16-27(35)32-22-8-6-7-20(2)19-22/h4-15,17,19,28-29H,3,16,18H2,1-2H3,(H,32,35)(H,33,38)/t28-,29+/m0/s1. The Morgan fingerprint density at radius 3 is 2.68 bits per heavy atom. The van der Waals surface area contributed by atoms with Gasteiger partial charge in [-0.2, -0.15) is 0 Å². The number of pyridine rings is 1. The van der Waals surface area contributed by atoms with Gasteiger partial charge >= 0.3 is 0 Å². The molecule has 0 saturated carbocycles. The zero-order valence-corrected chi connectivity index (χ0v) is 22.2. The number of hydrogen-bond donors (Lipinski definition) is 2. The molecular formula is C30H30N4O3S. The van der Waals surface area contributed by atoms with Crippen LogP contribution in [0.15, 0.2) is 89.5 Å². The summed E-state index contributed by atoms with van der Waals surface area (Å²) < 4.78 is 12.0. The first-order valence-electron chi connectivity index (χ1n) is 12.7. The van der Waals surface area contributed by atoms with E-state index in [0.29, 0.717) is 18.3 Å². The van der Waals surface area contributed by atoms with Crippen molar-refractivity contribution >= 4 is 28.9 Å². The zero-order valence-electron chi connectivity index (χ0n) is 21.4. The van der Waals surface area contributed by atoms with Gasteiger partial charge < -0.3 is 24.7 Å². The molecule has 2 aromatic heterocycles. The maximum absolute atomic E-state index is 12.8. The molecule has 0 bridgehead atoms. The van der Waals surface area contributed by atoms with Crippen molar-refractivity contribution in [3.05, 3.63) is 102 Å². The molecule has 7 nitrogen and oxygen atoms in total. The van der Waals surface area contributed by atoms with Crippen LogP contribution in [0.4, 0.5) is 5.69 Å². The van der Waals surface area contributed by atoms with E-state index in [4.69, 9.17) is 21.4 Å². The lowest BCUT2D eigenvalue weighted by Gasteiger charge is -2.25. The van der Waals surface area contributed by atoms with E-state index in [1.54, 1.807) is 6.20 Å². The topological polar surface area (TPSA) is 79.6 Å². The molecule has 2 aromatic carbocycles. The van der Waals surface area contributed by atoms with Crippen LogP contribution in [0, 0.1) is 6.92 Å². The van der Waals surface area contributed by atoms with Crippen LogP contribution in [0.1, 0.15) is 42.4 Å². The Hall–Kier alpha value is -4.17. The van der Waals surface area contributed by atoms with Crippen LogP contribution in [0.25, 0.3) is 11.3 Å². The van der Waals surface area contributed by atoms with Crippen molar-refractivity contribution < 1.29 is 13.9 Å². The number of nitrogens with one attached hydrogen (secondary N) is 2. The molecular weight excluding hydrogens is 496 g/mol. The Labute approximate surface area is 227 Å². The van der Waals surface area contributed by atoms with Crippen molar-refractivity contribution in [3.8, 4) is 17.1 Å². The maximum Gasteiger partial charge on any atom is 0.226 e. The summed E-state index contributed by atoms with van der Waals surface area (Å²) in [6.07, 6.45) is 2.04. The lowest BCUT2D eigenvalue weighted by molar-refractivity contribution is -0.116. The summed E-state index contributed by atoms with van der Waals surface area (Å²) in [5.74, 6) is 2.24. The highest BCUT2D eigenvalue weighted by Crippen LogP contribution is 2.40. The van der Waals surface area contributed by atoms with Crippen molar-refractivity contribution in [2.24, 2.45) is 0 Å². The van der Waals surface area contributed by atoms with E-state index in [1.807, 2.05) is 97.6 Å². The molecule has 3 heterocycles. The second kappa shape index (κ2) is 11.5. The van der Waals surface area contributed by atoms with Gasteiger partial charge in [-0.15, -0.1) is 0 Å². The summed E-state index contributed by atoms with van der Waals surface area (Å²) in [5.41, 5.74) is 3.68. The minimum Gasteiger partial charge on any atom is -0.494 e. The fourth-order valence-electron chi connectivity index (χ4n) is 4.67. The molecule has 0 unspecified atom stereocenters. The predicted octanol–water partition coefficient (Wildman–Crippen LogP) is 6.05. The summed E-state index contributed by atoms with van der Waals surface area (Å²) in [6, 6.07) is 24.9. The second-order valence-corrected chi connectivity index (χ2v) is 9.53. The molecule has 2 N–H and O–H groups in total. The maximum atomic E-state index is 12.8. The zero-order chi connectivity index (χ0) is 26.5. The highest BCUT2D eigenvalue weighted by atomic mass is 32.1. The highest BCUT2D eigenvalue weighted by molar-refractivity contribution is 7.80. The first-order valence-corrected chi connectivity index (χ1v) is 13.1. The Kier molecular flexibility index (Phi) is 7.70. The van der Waals surface area contributed by atoms with Crippen LogP contribution in [-0.2, 0) is 4.79 Å². The van der Waals surface area contributed by atoms with Gasteiger partial charge in [0.25, 0.3) is 0 Å². The number of ether oxygens (including phenoxy) is 1. The molecule has 194 valence electrons. The van der Waals surface area contributed by atoms with Crippen molar-refractivity contribution in [1.29, 1.82) is 0 Å². The molecule has 5 rings (SSSR count). The van der Waals surface area contributed by atoms with Gasteiger partial charge in [-0.3, -0.25) is 9.78 Å². The number of carbonyl (C=O) groups is 1. The summed E-state index contributed by atoms with van der Waals surface area (Å²) in [7, 11) is 0. The van der Waals surface area contributed by atoms with Gasteiger partial charge in [-0.25, -0.2) is 0 Å². The Morgan fingerprint density at radius 1 is 1.11 bits per heavy atom. The summed E-state index contributed by atoms with van der Waals surface area (Å²) in [5, 5.41) is 6.95. The molecule has 1 amide bonds. The minimum atomic E-state index is -0.263. The van der Waals surface area contributed by atoms with Gasteiger partial charge in [0.2, 0.25) is 5.91 Å². The van der Waals surface area contributed by atoms with Crippen molar-refractivity contribution in [3.63, 3.8) is 0 Å². The number of nitrogens with zero attached hydrogens (tertiary/aromatic N) is 2. The predicted molar refractivity (Wildman–Crippen MR) is 152 cm³/mol. The van der Waals surface area contributed by atoms with E-state index < -0.39 is 0 Å². The monoisotopic (exact) mass is 526 g/mol. The van der Waals surface area contributed by atoms with Crippen LogP contribution in [0.2, 0.25) is 0 Å². The Bertz CT molecular complexity index is 1400. The number of rotatable bonds is 9. The molecule has 8 heteroatoms. The van der Waals surface area contributed by atoms with E-state index in [2.05, 4.69) is 15.6 Å². The fraction of sp³-hybridized carbons (Fsp3) is 0.233. The number of aryl methyl sites for hydroxylation is 1. The number of aromatic nitrogens is 1. The van der Waals surface area contributed by atoms with Crippen LogP contribution < -0.4 is 15.4 Å². The van der Waals surface area contributed by atoms with E-state index in [1.165, 1.54) is 0 Å². The van der Waals surface area contributed by atoms with Crippen LogP contribution >= 0.6 is 12.2 Å². The quantitative estimate of drug-likeness (QED) is 0.257. The third-order valence-electron chi connectivity index (χ3n) is 6.45. The van der Waals surface area contributed by atoms with Crippen molar-refractivity contribution in [2.45, 2.75) is 32.4 Å². The average molecular weight is 527 g/mol. The van der Waals surface area contributed by atoms with Crippen molar-refractivity contribution in [2.75, 3.05) is 18.5 Å². The number of hydrogen-bond acceptors (Lipinski definition) is 5. The molecule has 38 heavy (non-hydrogen) atoms. The largest absolute Gasteiger partial charge is 0.494 e. The third kappa shape index (κ3) is 5.70. The lowest BCUT2D eigenvalue weighted by Crippen LogP contribution is -2.32. The summed E-state index contributed by atoms with van der Waals surface area (Å²) in [6.45, 7) is 5.00. The summed E-state index contributed by atoms with van der Waals surface area (Å²) >= 11 is 5.73. The molecule has 0 spiro atoms. The Balaban J connectivity index is 1.38. The van der Waals surface area contributed by atoms with Crippen LogP contribution in [0.3, 0.4) is 0 Å². The SMILES string of the molecule is CCOc1ccc(-c2ccc([C@@H]3[C@H](c4ccccn4)NC(=S)N3CCC(=O)Nc3cccc(C)c3)o2)cc1. The number of benzene rings is 2. The van der Waals surface area contributed by atoms with Crippen molar-refractivity contribution in [1.82, 2.24) is 15.2 Å². The van der Waals surface area contributed by atoms with Crippen LogP contribution in [0.5, 0.6) is 5.75 Å². The minimum absolute atomic E-state index is 0.0760.